The number of nitrogens with one attached hydrogen (secondary N) is 1. The van der Waals surface area contributed by atoms with Crippen molar-refractivity contribution in [1.82, 2.24) is 14.9 Å². The highest BCUT2D eigenvalue weighted by atomic mass is 16.4. The lowest BCUT2D eigenvalue weighted by molar-refractivity contribution is 0.270. The third-order valence-corrected chi connectivity index (χ3v) is 4.49. The summed E-state index contributed by atoms with van der Waals surface area (Å²) in [5.41, 5.74) is 0.578. The summed E-state index contributed by atoms with van der Waals surface area (Å²) in [6.45, 7) is 10.1. The molecule has 2 aromatic rings. The van der Waals surface area contributed by atoms with Gasteiger partial charge in [-0.15, -0.1) is 0 Å². The second kappa shape index (κ2) is 7.24. The van der Waals surface area contributed by atoms with Gasteiger partial charge in [-0.25, -0.2) is 9.97 Å². The minimum atomic E-state index is -0.00317. The van der Waals surface area contributed by atoms with E-state index in [1.807, 2.05) is 12.3 Å². The van der Waals surface area contributed by atoms with Crippen LogP contribution in [-0.4, -0.2) is 34.5 Å². The second-order valence-electron chi connectivity index (χ2n) is 7.68. The van der Waals surface area contributed by atoms with Crippen LogP contribution < -0.4 is 5.32 Å². The van der Waals surface area contributed by atoms with Gasteiger partial charge in [-0.3, -0.25) is 4.90 Å². The van der Waals surface area contributed by atoms with Gasteiger partial charge >= 0.3 is 0 Å². The van der Waals surface area contributed by atoms with Crippen LogP contribution in [0, 0.1) is 17.2 Å². The quantitative estimate of drug-likeness (QED) is 0.901. The van der Waals surface area contributed by atoms with Gasteiger partial charge in [0, 0.05) is 24.7 Å². The molecule has 0 aromatic carbocycles. The number of rotatable bonds is 5. The van der Waals surface area contributed by atoms with E-state index in [2.05, 4.69) is 47.0 Å². The van der Waals surface area contributed by atoms with Crippen molar-refractivity contribution < 1.29 is 4.42 Å². The van der Waals surface area contributed by atoms with Crippen LogP contribution in [0.1, 0.15) is 44.4 Å². The second-order valence-corrected chi connectivity index (χ2v) is 7.68. The monoisotopic (exact) mass is 339 g/mol. The fourth-order valence-electron chi connectivity index (χ4n) is 2.96. The van der Waals surface area contributed by atoms with E-state index in [-0.39, 0.29) is 5.41 Å². The molecule has 1 unspecified atom stereocenters. The SMILES string of the molecule is CC(C)(C)c1cnc(CN2CCC(CNc3ccc(C#N)cn3)C2)o1. The van der Waals surface area contributed by atoms with E-state index in [0.717, 1.165) is 50.1 Å². The molecule has 2 aromatic heterocycles. The molecule has 1 saturated heterocycles. The van der Waals surface area contributed by atoms with Crippen molar-refractivity contribution in [2.24, 2.45) is 5.92 Å². The maximum atomic E-state index is 8.80. The van der Waals surface area contributed by atoms with Crippen molar-refractivity contribution in [1.29, 1.82) is 5.26 Å². The maximum absolute atomic E-state index is 8.80. The topological polar surface area (TPSA) is 78.0 Å². The maximum Gasteiger partial charge on any atom is 0.208 e. The first-order valence-electron chi connectivity index (χ1n) is 8.71. The van der Waals surface area contributed by atoms with Gasteiger partial charge in [0.1, 0.15) is 17.6 Å². The van der Waals surface area contributed by atoms with Crippen LogP contribution in [0.3, 0.4) is 0 Å². The number of pyridine rings is 1. The minimum absolute atomic E-state index is 0.00317. The molecule has 25 heavy (non-hydrogen) atoms. The van der Waals surface area contributed by atoms with E-state index in [0.29, 0.717) is 11.5 Å². The highest BCUT2D eigenvalue weighted by molar-refractivity contribution is 5.38. The molecule has 0 amide bonds. The molecule has 1 aliphatic heterocycles. The lowest BCUT2D eigenvalue weighted by Crippen LogP contribution is -2.23. The van der Waals surface area contributed by atoms with Crippen molar-refractivity contribution in [3.8, 4) is 6.07 Å². The standard InChI is InChI=1S/C19H25N5O/c1-19(2,3)16-11-23-18(25-16)13-24-7-6-15(12-24)10-22-17-5-4-14(8-20)9-21-17/h4-5,9,11,15H,6-7,10,12-13H2,1-3H3,(H,21,22). The van der Waals surface area contributed by atoms with Gasteiger partial charge in [-0.2, -0.15) is 5.26 Å². The molecule has 1 N–H and O–H groups in total. The summed E-state index contributed by atoms with van der Waals surface area (Å²) < 4.78 is 5.89. The fourth-order valence-corrected chi connectivity index (χ4v) is 2.96. The molecular formula is C19H25N5O. The summed E-state index contributed by atoms with van der Waals surface area (Å²) in [7, 11) is 0. The summed E-state index contributed by atoms with van der Waals surface area (Å²) in [5.74, 6) is 3.13. The van der Waals surface area contributed by atoms with E-state index in [4.69, 9.17) is 9.68 Å². The molecule has 0 bridgehead atoms. The Morgan fingerprint density at radius 3 is 2.80 bits per heavy atom. The van der Waals surface area contributed by atoms with E-state index >= 15 is 0 Å². The number of nitriles is 1. The number of hydrogen-bond donors (Lipinski definition) is 1. The molecule has 1 fully saturated rings. The van der Waals surface area contributed by atoms with Crippen LogP contribution >= 0.6 is 0 Å². The van der Waals surface area contributed by atoms with Crippen LogP contribution in [0.15, 0.2) is 28.9 Å². The van der Waals surface area contributed by atoms with Gasteiger partial charge in [0.15, 0.2) is 0 Å². The van der Waals surface area contributed by atoms with Crippen molar-refractivity contribution in [2.75, 3.05) is 25.0 Å². The average Bonchev–Trinajstić information content (AvgIpc) is 3.23. The van der Waals surface area contributed by atoms with Crippen molar-refractivity contribution in [2.45, 2.75) is 39.2 Å². The molecule has 132 valence electrons. The number of hydrogen-bond acceptors (Lipinski definition) is 6. The Labute approximate surface area is 148 Å². The van der Waals surface area contributed by atoms with Crippen LogP contribution in [-0.2, 0) is 12.0 Å². The zero-order valence-corrected chi connectivity index (χ0v) is 15.1. The Morgan fingerprint density at radius 2 is 2.16 bits per heavy atom. The summed E-state index contributed by atoms with van der Waals surface area (Å²) >= 11 is 0. The Morgan fingerprint density at radius 1 is 1.32 bits per heavy atom. The molecule has 0 aliphatic carbocycles. The third-order valence-electron chi connectivity index (χ3n) is 4.49. The lowest BCUT2D eigenvalue weighted by Gasteiger charge is -2.15. The molecule has 3 heterocycles. The summed E-state index contributed by atoms with van der Waals surface area (Å²) in [6, 6.07) is 5.72. The highest BCUT2D eigenvalue weighted by Gasteiger charge is 2.25. The third kappa shape index (κ3) is 4.58. The molecule has 0 radical (unpaired) electrons. The first-order chi connectivity index (χ1) is 11.9. The Hall–Kier alpha value is -2.39. The molecule has 0 saturated carbocycles. The highest BCUT2D eigenvalue weighted by Crippen LogP contribution is 2.24. The number of anilines is 1. The van der Waals surface area contributed by atoms with Gasteiger partial charge in [0.2, 0.25) is 5.89 Å². The van der Waals surface area contributed by atoms with Gasteiger partial charge in [-0.1, -0.05) is 20.8 Å². The van der Waals surface area contributed by atoms with Crippen LogP contribution in [0.4, 0.5) is 5.82 Å². The number of oxazole rings is 1. The fraction of sp³-hybridized carbons (Fsp3) is 0.526. The zero-order valence-electron chi connectivity index (χ0n) is 15.1. The summed E-state index contributed by atoms with van der Waals surface area (Å²) in [4.78, 5) is 11.1. The summed E-state index contributed by atoms with van der Waals surface area (Å²) in [6.07, 6.45) is 4.59. The molecule has 0 spiro atoms. The first kappa shape index (κ1) is 17.4. The number of nitrogens with zero attached hydrogens (tertiary/aromatic N) is 4. The van der Waals surface area contributed by atoms with E-state index < -0.39 is 0 Å². The molecular weight excluding hydrogens is 314 g/mol. The molecule has 1 atom stereocenters. The molecule has 6 heteroatoms. The van der Waals surface area contributed by atoms with Crippen molar-refractivity contribution in [3.05, 3.63) is 41.7 Å². The van der Waals surface area contributed by atoms with Gasteiger partial charge in [-0.05, 0) is 31.0 Å². The van der Waals surface area contributed by atoms with Crippen LogP contribution in [0.25, 0.3) is 0 Å². The zero-order chi connectivity index (χ0) is 17.9. The predicted molar refractivity (Wildman–Crippen MR) is 96.0 cm³/mol. The van der Waals surface area contributed by atoms with E-state index in [9.17, 15) is 0 Å². The normalized spacial score (nSPS) is 18.2. The average molecular weight is 339 g/mol. The predicted octanol–water partition coefficient (Wildman–Crippen LogP) is 3.17. The van der Waals surface area contributed by atoms with Crippen molar-refractivity contribution in [3.63, 3.8) is 0 Å². The lowest BCUT2D eigenvalue weighted by atomic mass is 9.94. The Balaban J connectivity index is 1.47. The van der Waals surface area contributed by atoms with E-state index in [1.165, 1.54) is 0 Å². The summed E-state index contributed by atoms with van der Waals surface area (Å²) in [5, 5.41) is 12.2. The van der Waals surface area contributed by atoms with Crippen LogP contribution in [0.2, 0.25) is 0 Å². The number of likely N-dealkylation sites (tertiary alicyclic amines) is 1. The van der Waals surface area contributed by atoms with Crippen LogP contribution in [0.5, 0.6) is 0 Å². The largest absolute Gasteiger partial charge is 0.444 e. The van der Waals surface area contributed by atoms with Gasteiger partial charge < -0.3 is 9.73 Å². The van der Waals surface area contributed by atoms with Gasteiger partial charge in [0.05, 0.1) is 18.3 Å². The molecule has 6 nitrogen and oxygen atoms in total. The Kier molecular flexibility index (Phi) is 5.05. The Bertz CT molecular complexity index is 738. The van der Waals surface area contributed by atoms with Gasteiger partial charge in [0.25, 0.3) is 0 Å². The number of aromatic nitrogens is 2. The van der Waals surface area contributed by atoms with E-state index in [1.54, 1.807) is 12.3 Å². The molecule has 1 aliphatic rings. The first-order valence-corrected chi connectivity index (χ1v) is 8.71. The minimum Gasteiger partial charge on any atom is -0.444 e. The van der Waals surface area contributed by atoms with Crippen molar-refractivity contribution >= 4 is 5.82 Å². The molecule has 3 rings (SSSR count). The smallest absolute Gasteiger partial charge is 0.208 e.